The number of amides is 1. The quantitative estimate of drug-likeness (QED) is 0.847. The van der Waals surface area contributed by atoms with E-state index in [1.54, 1.807) is 6.92 Å². The second-order valence-electron chi connectivity index (χ2n) is 6.42. The molecule has 0 atom stereocenters. The molecular formula is C17H20N2O2. The van der Waals surface area contributed by atoms with Crippen LogP contribution in [0.1, 0.15) is 36.6 Å². The van der Waals surface area contributed by atoms with Gasteiger partial charge in [0, 0.05) is 25.6 Å². The van der Waals surface area contributed by atoms with E-state index in [1.807, 2.05) is 35.2 Å². The van der Waals surface area contributed by atoms with Crippen LogP contribution in [0, 0.1) is 12.3 Å². The largest absolute Gasteiger partial charge is 0.440 e. The van der Waals surface area contributed by atoms with Gasteiger partial charge < -0.3 is 9.32 Å². The van der Waals surface area contributed by atoms with Crippen molar-refractivity contribution in [1.82, 2.24) is 9.88 Å². The lowest BCUT2D eigenvalue weighted by Crippen LogP contribution is -2.30. The first kappa shape index (κ1) is 13.9. The molecule has 4 nitrogen and oxygen atoms in total. The Labute approximate surface area is 124 Å². The molecule has 1 aliphatic heterocycles. The lowest BCUT2D eigenvalue weighted by Gasteiger charge is -2.19. The van der Waals surface area contributed by atoms with Crippen molar-refractivity contribution in [1.29, 1.82) is 0 Å². The number of carbonyl (C=O) groups excluding carboxylic acids is 1. The molecule has 4 heteroatoms. The van der Waals surface area contributed by atoms with E-state index in [0.29, 0.717) is 17.3 Å². The topological polar surface area (TPSA) is 46.3 Å². The molecule has 2 aromatic rings. The van der Waals surface area contributed by atoms with Gasteiger partial charge in [0.05, 0.1) is 0 Å². The maximum atomic E-state index is 12.7. The van der Waals surface area contributed by atoms with Gasteiger partial charge >= 0.3 is 0 Å². The van der Waals surface area contributed by atoms with Crippen molar-refractivity contribution in [2.24, 2.45) is 5.41 Å². The molecule has 1 amide bonds. The Morgan fingerprint density at radius 3 is 2.62 bits per heavy atom. The third kappa shape index (κ3) is 2.71. The molecule has 1 saturated heterocycles. The van der Waals surface area contributed by atoms with Crippen LogP contribution in [0.5, 0.6) is 0 Å². The fraction of sp³-hybridized carbons (Fsp3) is 0.412. The minimum atomic E-state index is -0.0312. The highest BCUT2D eigenvalue weighted by Crippen LogP contribution is 2.32. The van der Waals surface area contributed by atoms with Gasteiger partial charge in [0.1, 0.15) is 0 Å². The highest BCUT2D eigenvalue weighted by molar-refractivity contribution is 5.97. The number of benzene rings is 1. The van der Waals surface area contributed by atoms with Gasteiger partial charge in [-0.05, 0) is 11.8 Å². The second-order valence-corrected chi connectivity index (χ2v) is 6.42. The molecule has 0 unspecified atom stereocenters. The van der Waals surface area contributed by atoms with Gasteiger partial charge in [0.25, 0.3) is 5.91 Å². The predicted octanol–water partition coefficient (Wildman–Crippen LogP) is 3.52. The zero-order valence-electron chi connectivity index (χ0n) is 12.7. The van der Waals surface area contributed by atoms with Crippen LogP contribution >= 0.6 is 0 Å². The molecule has 1 aromatic carbocycles. The molecule has 1 fully saturated rings. The minimum absolute atomic E-state index is 0.0312. The zero-order chi connectivity index (χ0) is 15.0. The first-order valence-electron chi connectivity index (χ1n) is 7.28. The summed E-state index contributed by atoms with van der Waals surface area (Å²) < 4.78 is 5.67. The molecule has 0 N–H and O–H groups in total. The molecule has 0 spiro atoms. The van der Waals surface area contributed by atoms with E-state index in [-0.39, 0.29) is 11.3 Å². The van der Waals surface area contributed by atoms with Crippen LogP contribution in [0.2, 0.25) is 0 Å². The highest BCUT2D eigenvalue weighted by Gasteiger charge is 2.34. The van der Waals surface area contributed by atoms with Crippen molar-refractivity contribution in [3.05, 3.63) is 41.9 Å². The smallest absolute Gasteiger partial charge is 0.276 e. The van der Waals surface area contributed by atoms with Gasteiger partial charge in [-0.15, -0.1) is 0 Å². The Balaban J connectivity index is 1.94. The summed E-state index contributed by atoms with van der Waals surface area (Å²) in [4.78, 5) is 18.9. The minimum Gasteiger partial charge on any atom is -0.440 e. The standard InChI is InChI=1S/C17H20N2O2/c1-12-18-14(15(21-12)13-7-5-4-6-8-13)16(20)19-10-9-17(2,3)11-19/h4-8H,9-11H2,1-3H3. The second kappa shape index (κ2) is 5.02. The zero-order valence-corrected chi connectivity index (χ0v) is 12.7. The molecule has 0 saturated carbocycles. The number of hydrogen-bond acceptors (Lipinski definition) is 3. The lowest BCUT2D eigenvalue weighted by atomic mass is 9.93. The van der Waals surface area contributed by atoms with Crippen molar-refractivity contribution in [2.45, 2.75) is 27.2 Å². The summed E-state index contributed by atoms with van der Waals surface area (Å²) in [6.07, 6.45) is 1.02. The summed E-state index contributed by atoms with van der Waals surface area (Å²) in [6, 6.07) is 9.67. The summed E-state index contributed by atoms with van der Waals surface area (Å²) >= 11 is 0. The number of rotatable bonds is 2. The van der Waals surface area contributed by atoms with E-state index >= 15 is 0 Å². The summed E-state index contributed by atoms with van der Waals surface area (Å²) in [5.41, 5.74) is 1.50. The Kier molecular flexibility index (Phi) is 3.32. The predicted molar refractivity (Wildman–Crippen MR) is 81.0 cm³/mol. The molecule has 0 bridgehead atoms. The fourth-order valence-electron chi connectivity index (χ4n) is 2.79. The van der Waals surface area contributed by atoms with E-state index < -0.39 is 0 Å². The maximum Gasteiger partial charge on any atom is 0.276 e. The number of likely N-dealkylation sites (tertiary alicyclic amines) is 1. The molecule has 1 aromatic heterocycles. The van der Waals surface area contributed by atoms with E-state index in [4.69, 9.17) is 4.42 Å². The van der Waals surface area contributed by atoms with Gasteiger partial charge in [-0.3, -0.25) is 4.79 Å². The van der Waals surface area contributed by atoms with Crippen LogP contribution in [0.3, 0.4) is 0 Å². The molecular weight excluding hydrogens is 264 g/mol. The number of carbonyl (C=O) groups is 1. The number of aromatic nitrogens is 1. The molecule has 1 aliphatic rings. The van der Waals surface area contributed by atoms with Crippen molar-refractivity contribution in [3.8, 4) is 11.3 Å². The van der Waals surface area contributed by atoms with Crippen LogP contribution in [-0.2, 0) is 0 Å². The van der Waals surface area contributed by atoms with Gasteiger partial charge in [-0.1, -0.05) is 44.2 Å². The van der Waals surface area contributed by atoms with Crippen LogP contribution in [-0.4, -0.2) is 28.9 Å². The first-order chi connectivity index (χ1) is 9.96. The third-order valence-electron chi connectivity index (χ3n) is 3.94. The van der Waals surface area contributed by atoms with Crippen molar-refractivity contribution in [3.63, 3.8) is 0 Å². The Bertz CT molecular complexity index is 659. The van der Waals surface area contributed by atoms with Gasteiger partial charge in [0.2, 0.25) is 0 Å². The summed E-state index contributed by atoms with van der Waals surface area (Å²) in [6.45, 7) is 7.70. The number of aryl methyl sites for hydroxylation is 1. The molecule has 21 heavy (non-hydrogen) atoms. The maximum absolute atomic E-state index is 12.7. The molecule has 3 rings (SSSR count). The van der Waals surface area contributed by atoms with E-state index in [2.05, 4.69) is 18.8 Å². The van der Waals surface area contributed by atoms with Gasteiger partial charge in [0.15, 0.2) is 17.3 Å². The summed E-state index contributed by atoms with van der Waals surface area (Å²) in [5, 5.41) is 0. The van der Waals surface area contributed by atoms with Crippen molar-refractivity contribution in [2.75, 3.05) is 13.1 Å². The van der Waals surface area contributed by atoms with E-state index in [9.17, 15) is 4.79 Å². The summed E-state index contributed by atoms with van der Waals surface area (Å²) in [5.74, 6) is 1.06. The fourth-order valence-corrected chi connectivity index (χ4v) is 2.79. The van der Waals surface area contributed by atoms with Crippen molar-refractivity contribution < 1.29 is 9.21 Å². The SMILES string of the molecule is Cc1nc(C(=O)N2CCC(C)(C)C2)c(-c2ccccc2)o1. The van der Waals surface area contributed by atoms with Crippen molar-refractivity contribution >= 4 is 5.91 Å². The Hall–Kier alpha value is -2.10. The average molecular weight is 284 g/mol. The molecule has 2 heterocycles. The number of oxazole rings is 1. The van der Waals surface area contributed by atoms with Gasteiger partial charge in [-0.2, -0.15) is 0 Å². The van der Waals surface area contributed by atoms with Crippen LogP contribution in [0.15, 0.2) is 34.7 Å². The highest BCUT2D eigenvalue weighted by atomic mass is 16.4. The van der Waals surface area contributed by atoms with E-state index in [0.717, 1.165) is 25.1 Å². The lowest BCUT2D eigenvalue weighted by molar-refractivity contribution is 0.0773. The van der Waals surface area contributed by atoms with Crippen LogP contribution in [0.25, 0.3) is 11.3 Å². The van der Waals surface area contributed by atoms with Gasteiger partial charge in [-0.25, -0.2) is 4.98 Å². The monoisotopic (exact) mass is 284 g/mol. The average Bonchev–Trinajstić information content (AvgIpc) is 3.02. The normalized spacial score (nSPS) is 17.2. The molecule has 0 radical (unpaired) electrons. The third-order valence-corrected chi connectivity index (χ3v) is 3.94. The van der Waals surface area contributed by atoms with Crippen LogP contribution < -0.4 is 0 Å². The molecule has 0 aliphatic carbocycles. The molecule has 110 valence electrons. The van der Waals surface area contributed by atoms with E-state index in [1.165, 1.54) is 0 Å². The Morgan fingerprint density at radius 2 is 2.00 bits per heavy atom. The number of nitrogens with zero attached hydrogens (tertiary/aromatic N) is 2. The van der Waals surface area contributed by atoms with Crippen LogP contribution in [0.4, 0.5) is 0 Å². The summed E-state index contributed by atoms with van der Waals surface area (Å²) in [7, 11) is 0. The first-order valence-corrected chi connectivity index (χ1v) is 7.28. The Morgan fingerprint density at radius 1 is 1.29 bits per heavy atom. The number of hydrogen-bond donors (Lipinski definition) is 0.